The molecule has 0 aliphatic heterocycles. The van der Waals surface area contributed by atoms with Crippen molar-refractivity contribution in [3.63, 3.8) is 0 Å². The van der Waals surface area contributed by atoms with Gasteiger partial charge in [-0.15, -0.1) is 0 Å². The Morgan fingerprint density at radius 3 is 2.68 bits per heavy atom. The maximum Gasteiger partial charge on any atom is 0.253 e. The predicted molar refractivity (Wildman–Crippen MR) is 79.3 cm³/mol. The van der Waals surface area contributed by atoms with E-state index in [1.54, 1.807) is 24.1 Å². The molecule has 0 aliphatic rings. The number of aromatic hydroxyl groups is 1. The van der Waals surface area contributed by atoms with Crippen LogP contribution in [0.15, 0.2) is 18.2 Å². The highest BCUT2D eigenvalue weighted by Crippen LogP contribution is 2.26. The molecule has 0 saturated carbocycles. The van der Waals surface area contributed by atoms with Gasteiger partial charge in [0, 0.05) is 24.5 Å². The van der Waals surface area contributed by atoms with E-state index in [0.717, 1.165) is 31.1 Å². The van der Waals surface area contributed by atoms with Gasteiger partial charge in [-0.3, -0.25) is 4.79 Å². The molecular formula is C14H20BrNO3. The van der Waals surface area contributed by atoms with E-state index in [1.165, 1.54) is 13.2 Å². The van der Waals surface area contributed by atoms with Crippen molar-refractivity contribution in [1.29, 1.82) is 0 Å². The summed E-state index contributed by atoms with van der Waals surface area (Å²) in [6.45, 7) is 0.721. The lowest BCUT2D eigenvalue weighted by molar-refractivity contribution is 0.0792. The molecule has 0 atom stereocenters. The van der Waals surface area contributed by atoms with Crippen molar-refractivity contribution in [1.82, 2.24) is 4.90 Å². The number of hydrogen-bond acceptors (Lipinski definition) is 3. The molecule has 0 fully saturated rings. The monoisotopic (exact) mass is 329 g/mol. The van der Waals surface area contributed by atoms with Gasteiger partial charge >= 0.3 is 0 Å². The first-order valence-corrected chi connectivity index (χ1v) is 7.40. The first kappa shape index (κ1) is 15.8. The number of unbranched alkanes of at least 4 members (excludes halogenated alkanes) is 2. The average Bonchev–Trinajstić information content (AvgIpc) is 2.42. The third kappa shape index (κ3) is 4.74. The number of rotatable bonds is 7. The van der Waals surface area contributed by atoms with Gasteiger partial charge in [-0.2, -0.15) is 0 Å². The van der Waals surface area contributed by atoms with Crippen molar-refractivity contribution < 1.29 is 14.6 Å². The number of phenols is 1. The second kappa shape index (κ2) is 8.04. The minimum absolute atomic E-state index is 0.0129. The molecule has 1 aromatic carbocycles. The van der Waals surface area contributed by atoms with E-state index in [4.69, 9.17) is 4.74 Å². The fourth-order valence-corrected chi connectivity index (χ4v) is 2.16. The summed E-state index contributed by atoms with van der Waals surface area (Å²) in [7, 11) is 3.25. The summed E-state index contributed by atoms with van der Waals surface area (Å²) in [4.78, 5) is 13.8. The summed E-state index contributed by atoms with van der Waals surface area (Å²) in [5.41, 5.74) is 0.473. The van der Waals surface area contributed by atoms with Crippen molar-refractivity contribution in [3.8, 4) is 11.5 Å². The number of hydrogen-bond donors (Lipinski definition) is 1. The standard InChI is InChI=1S/C14H20BrNO3/c1-16(9-5-3-4-8-15)14(18)11-6-7-13(19-2)12(17)10-11/h6-7,10,17H,3-5,8-9H2,1-2H3. The molecule has 1 rings (SSSR count). The molecule has 0 heterocycles. The minimum Gasteiger partial charge on any atom is -0.504 e. The van der Waals surface area contributed by atoms with Gasteiger partial charge in [0.15, 0.2) is 11.5 Å². The van der Waals surface area contributed by atoms with Crippen LogP contribution >= 0.6 is 15.9 Å². The number of nitrogens with zero attached hydrogens (tertiary/aromatic N) is 1. The van der Waals surface area contributed by atoms with E-state index < -0.39 is 0 Å². The van der Waals surface area contributed by atoms with E-state index in [2.05, 4.69) is 15.9 Å². The number of ether oxygens (including phenoxy) is 1. The van der Waals surface area contributed by atoms with Gasteiger partial charge in [-0.1, -0.05) is 22.4 Å². The third-order valence-corrected chi connectivity index (χ3v) is 3.46. The Morgan fingerprint density at radius 1 is 1.37 bits per heavy atom. The molecule has 0 saturated heterocycles. The molecule has 0 aromatic heterocycles. The number of phenolic OH excluding ortho intramolecular Hbond substituents is 1. The Hall–Kier alpha value is -1.23. The number of amides is 1. The fraction of sp³-hybridized carbons (Fsp3) is 0.500. The van der Waals surface area contributed by atoms with Gasteiger partial charge in [-0.05, 0) is 31.0 Å². The van der Waals surface area contributed by atoms with E-state index in [9.17, 15) is 9.90 Å². The number of carbonyl (C=O) groups is 1. The van der Waals surface area contributed by atoms with Crippen molar-refractivity contribution in [2.45, 2.75) is 19.3 Å². The fourth-order valence-electron chi connectivity index (χ4n) is 1.77. The summed E-state index contributed by atoms with van der Waals surface area (Å²) in [6, 6.07) is 4.70. The maximum absolute atomic E-state index is 12.1. The second-order valence-electron chi connectivity index (χ2n) is 4.36. The van der Waals surface area contributed by atoms with E-state index in [0.29, 0.717) is 11.3 Å². The van der Waals surface area contributed by atoms with Crippen LogP contribution in [0.2, 0.25) is 0 Å². The lowest BCUT2D eigenvalue weighted by atomic mass is 10.1. The summed E-state index contributed by atoms with van der Waals surface area (Å²) in [6.07, 6.45) is 3.19. The van der Waals surface area contributed by atoms with Crippen LogP contribution in [-0.4, -0.2) is 41.9 Å². The number of alkyl halides is 1. The van der Waals surface area contributed by atoms with Crippen LogP contribution in [0, 0.1) is 0 Å². The quantitative estimate of drug-likeness (QED) is 0.618. The van der Waals surface area contributed by atoms with Crippen molar-refractivity contribution in [3.05, 3.63) is 23.8 Å². The van der Waals surface area contributed by atoms with Crippen LogP contribution in [-0.2, 0) is 0 Å². The topological polar surface area (TPSA) is 49.8 Å². The molecule has 1 amide bonds. The van der Waals surface area contributed by atoms with E-state index in [1.807, 2.05) is 0 Å². The first-order valence-electron chi connectivity index (χ1n) is 6.28. The molecule has 1 aromatic rings. The summed E-state index contributed by atoms with van der Waals surface area (Å²) < 4.78 is 4.95. The largest absolute Gasteiger partial charge is 0.504 e. The molecule has 106 valence electrons. The summed E-state index contributed by atoms with van der Waals surface area (Å²) in [5, 5.41) is 10.7. The predicted octanol–water partition coefficient (Wildman–Crippen LogP) is 3.04. The van der Waals surface area contributed by atoms with Gasteiger partial charge < -0.3 is 14.7 Å². The van der Waals surface area contributed by atoms with Gasteiger partial charge in [0.25, 0.3) is 5.91 Å². The molecule has 4 nitrogen and oxygen atoms in total. The Kier molecular flexibility index (Phi) is 6.70. The SMILES string of the molecule is COc1ccc(C(=O)N(C)CCCCCBr)cc1O. The van der Waals surface area contributed by atoms with Gasteiger partial charge in [-0.25, -0.2) is 0 Å². The lowest BCUT2D eigenvalue weighted by Gasteiger charge is -2.17. The van der Waals surface area contributed by atoms with E-state index in [-0.39, 0.29) is 11.7 Å². The Morgan fingerprint density at radius 2 is 2.11 bits per heavy atom. The van der Waals surface area contributed by atoms with Crippen LogP contribution < -0.4 is 4.74 Å². The molecule has 1 N–H and O–H groups in total. The smallest absolute Gasteiger partial charge is 0.253 e. The van der Waals surface area contributed by atoms with Crippen molar-refractivity contribution >= 4 is 21.8 Å². The zero-order valence-electron chi connectivity index (χ0n) is 11.4. The Bertz CT molecular complexity index is 423. The molecular weight excluding hydrogens is 310 g/mol. The lowest BCUT2D eigenvalue weighted by Crippen LogP contribution is -2.27. The Balaban J connectivity index is 2.59. The van der Waals surface area contributed by atoms with Gasteiger partial charge in [0.2, 0.25) is 0 Å². The number of carbonyl (C=O) groups excluding carboxylic acids is 1. The highest BCUT2D eigenvalue weighted by atomic mass is 79.9. The molecule has 0 unspecified atom stereocenters. The molecule has 5 heteroatoms. The van der Waals surface area contributed by atoms with Crippen LogP contribution in [0.3, 0.4) is 0 Å². The maximum atomic E-state index is 12.1. The summed E-state index contributed by atoms with van der Waals surface area (Å²) in [5.74, 6) is 0.273. The molecule has 0 bridgehead atoms. The van der Waals surface area contributed by atoms with E-state index >= 15 is 0 Å². The molecule has 19 heavy (non-hydrogen) atoms. The van der Waals surface area contributed by atoms with Crippen molar-refractivity contribution in [2.24, 2.45) is 0 Å². The van der Waals surface area contributed by atoms with Crippen LogP contribution in [0.1, 0.15) is 29.6 Å². The molecule has 0 radical (unpaired) electrons. The van der Waals surface area contributed by atoms with Gasteiger partial charge in [0.05, 0.1) is 7.11 Å². The number of halogens is 1. The highest BCUT2D eigenvalue weighted by molar-refractivity contribution is 9.09. The molecule has 0 spiro atoms. The van der Waals surface area contributed by atoms with Crippen LogP contribution in [0.5, 0.6) is 11.5 Å². The normalized spacial score (nSPS) is 10.3. The Labute approximate surface area is 122 Å². The number of methoxy groups -OCH3 is 1. The van der Waals surface area contributed by atoms with Crippen LogP contribution in [0.25, 0.3) is 0 Å². The zero-order valence-corrected chi connectivity index (χ0v) is 12.9. The van der Waals surface area contributed by atoms with Crippen LogP contribution in [0.4, 0.5) is 0 Å². The van der Waals surface area contributed by atoms with Gasteiger partial charge in [0.1, 0.15) is 0 Å². The third-order valence-electron chi connectivity index (χ3n) is 2.90. The zero-order chi connectivity index (χ0) is 14.3. The molecule has 0 aliphatic carbocycles. The highest BCUT2D eigenvalue weighted by Gasteiger charge is 2.13. The van der Waals surface area contributed by atoms with Crippen molar-refractivity contribution in [2.75, 3.05) is 26.0 Å². The average molecular weight is 330 g/mol. The first-order chi connectivity index (χ1) is 9.10. The number of benzene rings is 1. The minimum atomic E-state index is -0.0863. The second-order valence-corrected chi connectivity index (χ2v) is 5.16. The summed E-state index contributed by atoms with van der Waals surface area (Å²) >= 11 is 3.38.